The van der Waals surface area contributed by atoms with E-state index < -0.39 is 0 Å². The Morgan fingerprint density at radius 3 is 3.00 bits per heavy atom. The zero-order chi connectivity index (χ0) is 13.7. The highest BCUT2D eigenvalue weighted by Crippen LogP contribution is 2.19. The van der Waals surface area contributed by atoms with E-state index in [9.17, 15) is 5.11 Å². The first-order chi connectivity index (χ1) is 9.19. The lowest BCUT2D eigenvalue weighted by atomic mass is 9.99. The summed E-state index contributed by atoms with van der Waals surface area (Å²) in [6.07, 6.45) is 2.35. The topological polar surface area (TPSA) is 32.7 Å². The van der Waals surface area contributed by atoms with Crippen LogP contribution in [0.3, 0.4) is 0 Å². The Morgan fingerprint density at radius 1 is 1.37 bits per heavy atom. The summed E-state index contributed by atoms with van der Waals surface area (Å²) < 4.78 is 5.89. The van der Waals surface area contributed by atoms with E-state index in [1.807, 2.05) is 0 Å². The highest BCUT2D eigenvalue weighted by Gasteiger charge is 2.18. The molecule has 1 N–H and O–H groups in total. The van der Waals surface area contributed by atoms with Gasteiger partial charge >= 0.3 is 0 Å². The summed E-state index contributed by atoms with van der Waals surface area (Å²) in [5.41, 5.74) is 2.43. The van der Waals surface area contributed by atoms with Gasteiger partial charge in [0.15, 0.2) is 0 Å². The molecule has 19 heavy (non-hydrogen) atoms. The first-order valence-electron chi connectivity index (χ1n) is 7.22. The van der Waals surface area contributed by atoms with Crippen LogP contribution in [-0.2, 0) is 0 Å². The summed E-state index contributed by atoms with van der Waals surface area (Å²) >= 11 is 0. The Kier molecular flexibility index (Phi) is 5.23. The van der Waals surface area contributed by atoms with Crippen LogP contribution >= 0.6 is 0 Å². The smallest absolute Gasteiger partial charge is 0.122 e. The molecule has 2 rings (SSSR count). The van der Waals surface area contributed by atoms with E-state index in [-0.39, 0.29) is 0 Å². The Labute approximate surface area is 116 Å². The Hall–Kier alpha value is -1.06. The largest absolute Gasteiger partial charge is 0.492 e. The van der Waals surface area contributed by atoms with E-state index >= 15 is 0 Å². The fourth-order valence-corrected chi connectivity index (χ4v) is 2.65. The van der Waals surface area contributed by atoms with Crippen molar-refractivity contribution >= 4 is 0 Å². The Bertz CT molecular complexity index is 406. The minimum atomic E-state index is 0.314. The van der Waals surface area contributed by atoms with Gasteiger partial charge in [-0.25, -0.2) is 0 Å². The molecule has 1 fully saturated rings. The van der Waals surface area contributed by atoms with Gasteiger partial charge in [-0.05, 0) is 56.3 Å². The SMILES string of the molecule is Cc1ccc(C)c(OCCN2CCCC(CO)C2)c1. The molecule has 1 unspecified atom stereocenters. The van der Waals surface area contributed by atoms with Gasteiger partial charge in [-0.2, -0.15) is 0 Å². The second kappa shape index (κ2) is 6.92. The zero-order valence-electron chi connectivity index (χ0n) is 12.1. The predicted octanol–water partition coefficient (Wildman–Crippen LogP) is 2.39. The van der Waals surface area contributed by atoms with Crippen molar-refractivity contribution in [3.05, 3.63) is 29.3 Å². The van der Waals surface area contributed by atoms with Gasteiger partial charge in [0.1, 0.15) is 12.4 Å². The number of likely N-dealkylation sites (tertiary alicyclic amines) is 1. The molecular formula is C16H25NO2. The molecule has 0 radical (unpaired) electrons. The molecule has 0 amide bonds. The zero-order valence-corrected chi connectivity index (χ0v) is 12.1. The van der Waals surface area contributed by atoms with Crippen LogP contribution in [0, 0.1) is 19.8 Å². The summed E-state index contributed by atoms with van der Waals surface area (Å²) in [4.78, 5) is 2.40. The lowest BCUT2D eigenvalue weighted by Crippen LogP contribution is -2.39. The molecular weight excluding hydrogens is 238 g/mol. The summed E-state index contributed by atoms with van der Waals surface area (Å²) in [7, 11) is 0. The van der Waals surface area contributed by atoms with Crippen LogP contribution in [0.15, 0.2) is 18.2 Å². The summed E-state index contributed by atoms with van der Waals surface area (Å²) in [5.74, 6) is 1.45. The minimum absolute atomic E-state index is 0.314. The molecule has 3 heteroatoms. The monoisotopic (exact) mass is 263 g/mol. The second-order valence-electron chi connectivity index (χ2n) is 5.61. The van der Waals surface area contributed by atoms with Gasteiger partial charge in [-0.1, -0.05) is 12.1 Å². The highest BCUT2D eigenvalue weighted by molar-refractivity contribution is 5.35. The first kappa shape index (κ1) is 14.4. The van der Waals surface area contributed by atoms with Crippen LogP contribution < -0.4 is 4.74 Å². The predicted molar refractivity (Wildman–Crippen MR) is 77.7 cm³/mol. The second-order valence-corrected chi connectivity index (χ2v) is 5.61. The minimum Gasteiger partial charge on any atom is -0.492 e. The van der Waals surface area contributed by atoms with Gasteiger partial charge in [-0.3, -0.25) is 4.90 Å². The number of nitrogens with zero attached hydrogens (tertiary/aromatic N) is 1. The van der Waals surface area contributed by atoms with Crippen LogP contribution in [0.5, 0.6) is 5.75 Å². The quantitative estimate of drug-likeness (QED) is 0.885. The Morgan fingerprint density at radius 2 is 2.21 bits per heavy atom. The van der Waals surface area contributed by atoms with Crippen molar-refractivity contribution in [3.63, 3.8) is 0 Å². The van der Waals surface area contributed by atoms with Crippen molar-refractivity contribution in [2.75, 3.05) is 32.8 Å². The normalized spacial score (nSPS) is 20.5. The number of hydrogen-bond donors (Lipinski definition) is 1. The van der Waals surface area contributed by atoms with Gasteiger partial charge in [0.25, 0.3) is 0 Å². The number of rotatable bonds is 5. The van der Waals surface area contributed by atoms with Gasteiger partial charge in [0.05, 0.1) is 0 Å². The van der Waals surface area contributed by atoms with Crippen molar-refractivity contribution in [3.8, 4) is 5.75 Å². The van der Waals surface area contributed by atoms with Crippen molar-refractivity contribution in [1.82, 2.24) is 4.90 Å². The van der Waals surface area contributed by atoms with Crippen LogP contribution in [-0.4, -0.2) is 42.9 Å². The summed E-state index contributed by atoms with van der Waals surface area (Å²) in [5, 5.41) is 9.22. The molecule has 0 bridgehead atoms. The molecule has 1 heterocycles. The molecule has 1 saturated heterocycles. The first-order valence-corrected chi connectivity index (χ1v) is 7.22. The van der Waals surface area contributed by atoms with E-state index in [2.05, 4.69) is 36.9 Å². The molecule has 106 valence electrons. The molecule has 1 aromatic rings. The summed E-state index contributed by atoms with van der Waals surface area (Å²) in [6.45, 7) is 8.29. The number of benzene rings is 1. The van der Waals surface area contributed by atoms with Gasteiger partial charge in [0, 0.05) is 19.7 Å². The van der Waals surface area contributed by atoms with Gasteiger partial charge < -0.3 is 9.84 Å². The van der Waals surface area contributed by atoms with Crippen molar-refractivity contribution in [2.24, 2.45) is 5.92 Å². The molecule has 1 aliphatic rings. The third kappa shape index (κ3) is 4.22. The van der Waals surface area contributed by atoms with E-state index in [0.717, 1.165) is 38.4 Å². The molecule has 1 aliphatic heterocycles. The lowest BCUT2D eigenvalue weighted by Gasteiger charge is -2.31. The average molecular weight is 263 g/mol. The Balaban J connectivity index is 1.78. The molecule has 0 aromatic heterocycles. The van der Waals surface area contributed by atoms with Crippen molar-refractivity contribution in [1.29, 1.82) is 0 Å². The molecule has 1 aromatic carbocycles. The van der Waals surface area contributed by atoms with Crippen molar-refractivity contribution in [2.45, 2.75) is 26.7 Å². The molecule has 0 aliphatic carbocycles. The fourth-order valence-electron chi connectivity index (χ4n) is 2.65. The van der Waals surface area contributed by atoms with Gasteiger partial charge in [0.2, 0.25) is 0 Å². The van der Waals surface area contributed by atoms with E-state index in [4.69, 9.17) is 4.74 Å². The van der Waals surface area contributed by atoms with Crippen LogP contribution in [0.25, 0.3) is 0 Å². The molecule has 1 atom stereocenters. The maximum Gasteiger partial charge on any atom is 0.122 e. The van der Waals surface area contributed by atoms with Crippen molar-refractivity contribution < 1.29 is 9.84 Å². The number of aliphatic hydroxyl groups excluding tert-OH is 1. The number of aliphatic hydroxyl groups is 1. The number of hydrogen-bond acceptors (Lipinski definition) is 3. The van der Waals surface area contributed by atoms with E-state index in [1.54, 1.807) is 0 Å². The average Bonchev–Trinajstić information content (AvgIpc) is 2.43. The molecule has 3 nitrogen and oxygen atoms in total. The number of aryl methyl sites for hydroxylation is 2. The maximum atomic E-state index is 9.22. The van der Waals surface area contributed by atoms with Crippen LogP contribution in [0.4, 0.5) is 0 Å². The van der Waals surface area contributed by atoms with E-state index in [0.29, 0.717) is 12.5 Å². The fraction of sp³-hybridized carbons (Fsp3) is 0.625. The maximum absolute atomic E-state index is 9.22. The van der Waals surface area contributed by atoms with Crippen LogP contribution in [0.1, 0.15) is 24.0 Å². The third-order valence-electron chi connectivity index (χ3n) is 3.87. The standard InChI is InChI=1S/C16H25NO2/c1-13-5-6-14(2)16(10-13)19-9-8-17-7-3-4-15(11-17)12-18/h5-6,10,15,18H,3-4,7-9,11-12H2,1-2H3. The van der Waals surface area contributed by atoms with Gasteiger partial charge in [-0.15, -0.1) is 0 Å². The van der Waals surface area contributed by atoms with E-state index in [1.165, 1.54) is 17.5 Å². The third-order valence-corrected chi connectivity index (χ3v) is 3.87. The highest BCUT2D eigenvalue weighted by atomic mass is 16.5. The van der Waals surface area contributed by atoms with Crippen LogP contribution in [0.2, 0.25) is 0 Å². The molecule has 0 saturated carbocycles. The number of piperidine rings is 1. The lowest BCUT2D eigenvalue weighted by molar-refractivity contribution is 0.107. The summed E-state index contributed by atoms with van der Waals surface area (Å²) in [6, 6.07) is 6.31. The molecule has 0 spiro atoms. The number of ether oxygens (including phenoxy) is 1.